The van der Waals surface area contributed by atoms with Crippen LogP contribution in [0, 0.1) is 17.1 Å². The van der Waals surface area contributed by atoms with Gasteiger partial charge in [-0.05, 0) is 38.0 Å². The molecular weight excluding hydrogens is 370 g/mol. The molecule has 0 amide bonds. The highest BCUT2D eigenvalue weighted by Gasteiger charge is 2.22. The van der Waals surface area contributed by atoms with Crippen LogP contribution in [0.5, 0.6) is 0 Å². The van der Waals surface area contributed by atoms with Gasteiger partial charge in [-0.15, -0.1) is 24.0 Å². The van der Waals surface area contributed by atoms with E-state index in [2.05, 4.69) is 15.6 Å². The molecule has 1 aliphatic carbocycles. The van der Waals surface area contributed by atoms with Gasteiger partial charge in [0.1, 0.15) is 5.82 Å². The average Bonchev–Trinajstić information content (AvgIpc) is 3.22. The minimum absolute atomic E-state index is 0. The zero-order valence-electron chi connectivity index (χ0n) is 11.3. The minimum Gasteiger partial charge on any atom is -0.357 e. The van der Waals surface area contributed by atoms with Gasteiger partial charge >= 0.3 is 0 Å². The third-order valence-corrected chi connectivity index (χ3v) is 2.84. The molecule has 108 valence electrons. The lowest BCUT2D eigenvalue weighted by atomic mass is 10.1. The Morgan fingerprint density at radius 1 is 1.50 bits per heavy atom. The Labute approximate surface area is 135 Å². The summed E-state index contributed by atoms with van der Waals surface area (Å²) in [6.45, 7) is 2.98. The highest BCUT2D eigenvalue weighted by atomic mass is 127. The fourth-order valence-corrected chi connectivity index (χ4v) is 1.67. The largest absolute Gasteiger partial charge is 0.357 e. The first kappa shape index (κ1) is 16.7. The molecule has 1 saturated carbocycles. The van der Waals surface area contributed by atoms with E-state index < -0.39 is 0 Å². The second-order valence-corrected chi connectivity index (χ2v) is 4.53. The number of nitrogens with zero attached hydrogens (tertiary/aromatic N) is 2. The fourth-order valence-electron chi connectivity index (χ4n) is 1.67. The van der Waals surface area contributed by atoms with Gasteiger partial charge in [0.2, 0.25) is 0 Å². The number of benzene rings is 1. The molecule has 2 rings (SSSR count). The zero-order chi connectivity index (χ0) is 13.7. The number of nitriles is 1. The predicted octanol–water partition coefficient (Wildman–Crippen LogP) is 2.53. The highest BCUT2D eigenvalue weighted by molar-refractivity contribution is 14.0. The van der Waals surface area contributed by atoms with Crippen LogP contribution >= 0.6 is 24.0 Å². The number of halogens is 2. The molecule has 0 atom stereocenters. The molecule has 20 heavy (non-hydrogen) atoms. The lowest BCUT2D eigenvalue weighted by molar-refractivity contribution is 0.610. The summed E-state index contributed by atoms with van der Waals surface area (Å²) in [5, 5.41) is 15.2. The second kappa shape index (κ2) is 8.04. The van der Waals surface area contributed by atoms with E-state index in [1.165, 1.54) is 12.1 Å². The normalized spacial score (nSPS) is 14.2. The van der Waals surface area contributed by atoms with E-state index in [-0.39, 0.29) is 36.3 Å². The van der Waals surface area contributed by atoms with Crippen molar-refractivity contribution in [3.63, 3.8) is 0 Å². The molecule has 0 unspecified atom stereocenters. The number of hydrogen-bond donors (Lipinski definition) is 2. The molecule has 1 fully saturated rings. The molecule has 0 spiro atoms. The molecular formula is C14H18FIN4. The Hall–Kier alpha value is -1.36. The van der Waals surface area contributed by atoms with Gasteiger partial charge in [-0.25, -0.2) is 9.38 Å². The van der Waals surface area contributed by atoms with Gasteiger partial charge in [0, 0.05) is 18.2 Å². The van der Waals surface area contributed by atoms with Crippen LogP contribution in [0.3, 0.4) is 0 Å². The predicted molar refractivity (Wildman–Crippen MR) is 87.5 cm³/mol. The van der Waals surface area contributed by atoms with Crippen LogP contribution in [0.1, 0.15) is 30.9 Å². The number of rotatable bonds is 4. The van der Waals surface area contributed by atoms with Crippen molar-refractivity contribution < 1.29 is 4.39 Å². The lowest BCUT2D eigenvalue weighted by Gasteiger charge is -2.10. The topological polar surface area (TPSA) is 60.2 Å². The van der Waals surface area contributed by atoms with E-state index in [0.717, 1.165) is 19.4 Å². The summed E-state index contributed by atoms with van der Waals surface area (Å²) < 4.78 is 13.6. The molecule has 0 bridgehead atoms. The van der Waals surface area contributed by atoms with Crippen LogP contribution in [-0.2, 0) is 6.54 Å². The molecule has 4 nitrogen and oxygen atoms in total. The summed E-state index contributed by atoms with van der Waals surface area (Å²) in [4.78, 5) is 4.35. The van der Waals surface area contributed by atoms with Crippen molar-refractivity contribution in [1.82, 2.24) is 10.6 Å². The third kappa shape index (κ3) is 4.96. The van der Waals surface area contributed by atoms with Crippen LogP contribution in [0.4, 0.5) is 4.39 Å². The molecule has 0 aliphatic heterocycles. The van der Waals surface area contributed by atoms with Crippen molar-refractivity contribution in [1.29, 1.82) is 5.26 Å². The highest BCUT2D eigenvalue weighted by Crippen LogP contribution is 2.18. The van der Waals surface area contributed by atoms with Gasteiger partial charge in [-0.3, -0.25) is 0 Å². The summed E-state index contributed by atoms with van der Waals surface area (Å²) in [6.07, 6.45) is 2.31. The minimum atomic E-state index is -0.329. The van der Waals surface area contributed by atoms with Crippen molar-refractivity contribution in [2.24, 2.45) is 4.99 Å². The van der Waals surface area contributed by atoms with E-state index in [4.69, 9.17) is 5.26 Å². The van der Waals surface area contributed by atoms with Crippen molar-refractivity contribution in [2.45, 2.75) is 32.4 Å². The first-order chi connectivity index (χ1) is 9.22. The maximum Gasteiger partial charge on any atom is 0.191 e. The van der Waals surface area contributed by atoms with E-state index in [1.54, 1.807) is 6.07 Å². The Morgan fingerprint density at radius 2 is 2.25 bits per heavy atom. The van der Waals surface area contributed by atoms with Crippen molar-refractivity contribution in [3.8, 4) is 6.07 Å². The monoisotopic (exact) mass is 388 g/mol. The van der Waals surface area contributed by atoms with Gasteiger partial charge in [0.15, 0.2) is 5.96 Å². The van der Waals surface area contributed by atoms with E-state index >= 15 is 0 Å². The standard InChI is InChI=1S/C14H17FN4.HI/c1-2-17-14(19-12-4-5-12)18-9-11-7-10(8-16)3-6-13(11)15;/h3,6-7,12H,2,4-5,9H2,1H3,(H2,17,18,19);1H. The zero-order valence-corrected chi connectivity index (χ0v) is 13.6. The number of nitrogens with one attached hydrogen (secondary N) is 2. The maximum atomic E-state index is 13.6. The van der Waals surface area contributed by atoms with Gasteiger partial charge in [0.25, 0.3) is 0 Å². The van der Waals surface area contributed by atoms with Gasteiger partial charge in [-0.2, -0.15) is 5.26 Å². The molecule has 0 saturated heterocycles. The first-order valence-corrected chi connectivity index (χ1v) is 6.46. The van der Waals surface area contributed by atoms with Gasteiger partial charge in [0.05, 0.1) is 18.2 Å². The first-order valence-electron chi connectivity index (χ1n) is 6.46. The van der Waals surface area contributed by atoms with Gasteiger partial charge < -0.3 is 10.6 Å². The lowest BCUT2D eigenvalue weighted by Crippen LogP contribution is -2.38. The van der Waals surface area contributed by atoms with Crippen LogP contribution in [0.25, 0.3) is 0 Å². The summed E-state index contributed by atoms with van der Waals surface area (Å²) in [6, 6.07) is 6.82. The van der Waals surface area contributed by atoms with E-state index in [0.29, 0.717) is 23.1 Å². The van der Waals surface area contributed by atoms with Crippen molar-refractivity contribution in [2.75, 3.05) is 6.54 Å². The SMILES string of the molecule is CCNC(=NCc1cc(C#N)ccc1F)NC1CC1.I. The summed E-state index contributed by atoms with van der Waals surface area (Å²) >= 11 is 0. The molecule has 0 aromatic heterocycles. The van der Waals surface area contributed by atoms with Crippen molar-refractivity contribution >= 4 is 29.9 Å². The van der Waals surface area contributed by atoms with Crippen LogP contribution < -0.4 is 10.6 Å². The molecule has 0 radical (unpaired) electrons. The fraction of sp³-hybridized carbons (Fsp3) is 0.429. The molecule has 1 aliphatic rings. The van der Waals surface area contributed by atoms with Crippen molar-refractivity contribution in [3.05, 3.63) is 35.1 Å². The number of aliphatic imine (C=N–C) groups is 1. The molecule has 1 aromatic rings. The third-order valence-electron chi connectivity index (χ3n) is 2.84. The summed E-state index contributed by atoms with van der Waals surface area (Å²) in [5.41, 5.74) is 0.888. The smallest absolute Gasteiger partial charge is 0.191 e. The average molecular weight is 388 g/mol. The van der Waals surface area contributed by atoms with Crippen LogP contribution in [0.2, 0.25) is 0 Å². The Morgan fingerprint density at radius 3 is 2.85 bits per heavy atom. The van der Waals surface area contributed by atoms with Crippen LogP contribution in [0.15, 0.2) is 23.2 Å². The molecule has 1 aromatic carbocycles. The maximum absolute atomic E-state index is 13.6. The number of guanidine groups is 1. The summed E-state index contributed by atoms with van der Waals surface area (Å²) in [7, 11) is 0. The van der Waals surface area contributed by atoms with Gasteiger partial charge in [-0.1, -0.05) is 0 Å². The Balaban J connectivity index is 0.00000200. The molecule has 2 N–H and O–H groups in total. The van der Waals surface area contributed by atoms with E-state index in [9.17, 15) is 4.39 Å². The second-order valence-electron chi connectivity index (χ2n) is 4.53. The van der Waals surface area contributed by atoms with E-state index in [1.807, 2.05) is 13.0 Å². The Bertz CT molecular complexity index is 520. The summed E-state index contributed by atoms with van der Waals surface area (Å²) in [5.74, 6) is 0.372. The molecule has 6 heteroatoms. The Kier molecular flexibility index (Phi) is 6.71. The number of hydrogen-bond acceptors (Lipinski definition) is 2. The van der Waals surface area contributed by atoms with Crippen LogP contribution in [-0.4, -0.2) is 18.5 Å². The quantitative estimate of drug-likeness (QED) is 0.474. The molecule has 0 heterocycles.